The molecule has 1 aliphatic heterocycles. The van der Waals surface area contributed by atoms with Crippen LogP contribution in [0.1, 0.15) is 19.8 Å². The fourth-order valence-corrected chi connectivity index (χ4v) is 2.73. The van der Waals surface area contributed by atoms with Gasteiger partial charge in [0.2, 0.25) is 0 Å². The molecule has 1 heterocycles. The smallest absolute Gasteiger partial charge is 0.268 e. The summed E-state index contributed by atoms with van der Waals surface area (Å²) in [6, 6.07) is 0. The predicted octanol–water partition coefficient (Wildman–Crippen LogP) is -0.437. The van der Waals surface area contributed by atoms with Crippen molar-refractivity contribution in [3.05, 3.63) is 0 Å². The Morgan fingerprint density at radius 2 is 1.92 bits per heavy atom. The molecule has 0 saturated carbocycles. The Labute approximate surface area is 78.7 Å². The van der Waals surface area contributed by atoms with Crippen molar-refractivity contribution in [1.82, 2.24) is 10.6 Å². The molecule has 0 spiro atoms. The van der Waals surface area contributed by atoms with E-state index < -0.39 is 15.8 Å². The van der Waals surface area contributed by atoms with Crippen molar-refractivity contribution in [3.63, 3.8) is 0 Å². The minimum absolute atomic E-state index is 0.256. The molecule has 0 aromatic rings. The molecule has 0 radical (unpaired) electrons. The Balaban J connectivity index is 2.67. The van der Waals surface area contributed by atoms with Gasteiger partial charge in [0.25, 0.3) is 10.1 Å². The molecule has 3 N–H and O–H groups in total. The van der Waals surface area contributed by atoms with Crippen LogP contribution in [0.4, 0.5) is 0 Å². The van der Waals surface area contributed by atoms with Gasteiger partial charge in [0.1, 0.15) is 5.75 Å². The van der Waals surface area contributed by atoms with E-state index in [4.69, 9.17) is 4.55 Å². The third kappa shape index (κ3) is 3.22. The van der Waals surface area contributed by atoms with Gasteiger partial charge in [0.15, 0.2) is 0 Å². The maximum absolute atomic E-state index is 10.7. The molecule has 1 aliphatic rings. The number of nitrogens with one attached hydrogen (secondary N) is 2. The second kappa shape index (κ2) is 3.91. The zero-order valence-corrected chi connectivity index (χ0v) is 8.52. The van der Waals surface area contributed by atoms with E-state index in [1.807, 2.05) is 6.92 Å². The van der Waals surface area contributed by atoms with E-state index in [9.17, 15) is 8.42 Å². The first kappa shape index (κ1) is 10.9. The Morgan fingerprint density at radius 3 is 2.31 bits per heavy atom. The second-order valence-electron chi connectivity index (χ2n) is 3.41. The maximum atomic E-state index is 10.7. The highest BCUT2D eigenvalue weighted by Crippen LogP contribution is 2.14. The van der Waals surface area contributed by atoms with Crippen LogP contribution in [-0.2, 0) is 10.1 Å². The van der Waals surface area contributed by atoms with Crippen molar-refractivity contribution in [2.24, 2.45) is 0 Å². The Hall–Kier alpha value is -0.170. The van der Waals surface area contributed by atoms with Crippen molar-refractivity contribution < 1.29 is 13.0 Å². The monoisotopic (exact) mass is 208 g/mol. The first-order valence-electron chi connectivity index (χ1n) is 4.43. The summed E-state index contributed by atoms with van der Waals surface area (Å²) in [7, 11) is -3.91. The lowest BCUT2D eigenvalue weighted by Gasteiger charge is -2.27. The van der Waals surface area contributed by atoms with E-state index in [2.05, 4.69) is 10.6 Å². The molecule has 5 nitrogen and oxygen atoms in total. The molecule has 1 fully saturated rings. The highest BCUT2D eigenvalue weighted by atomic mass is 32.2. The van der Waals surface area contributed by atoms with Crippen LogP contribution in [-0.4, -0.2) is 37.5 Å². The van der Waals surface area contributed by atoms with Gasteiger partial charge in [-0.25, -0.2) is 0 Å². The molecule has 78 valence electrons. The molecule has 0 amide bonds. The Morgan fingerprint density at radius 1 is 1.38 bits per heavy atom. The second-order valence-corrected chi connectivity index (χ2v) is 4.86. The standard InChI is InChI=1S/C7H16N2O3S/c1-2-3-7(6-13(10,11)12)8-4-5-9-7/h8-9H,2-6H2,1H3,(H,10,11,12). The average molecular weight is 208 g/mol. The third-order valence-corrected chi connectivity index (χ3v) is 3.01. The van der Waals surface area contributed by atoms with Crippen molar-refractivity contribution in [2.75, 3.05) is 18.8 Å². The highest BCUT2D eigenvalue weighted by molar-refractivity contribution is 7.85. The minimum Gasteiger partial charge on any atom is -0.297 e. The summed E-state index contributed by atoms with van der Waals surface area (Å²) < 4.78 is 30.2. The van der Waals surface area contributed by atoms with E-state index in [-0.39, 0.29) is 5.75 Å². The zero-order chi connectivity index (χ0) is 9.95. The quantitative estimate of drug-likeness (QED) is 0.546. The van der Waals surface area contributed by atoms with Crippen LogP contribution < -0.4 is 10.6 Å². The molecular formula is C7H16N2O3S. The number of hydrogen-bond acceptors (Lipinski definition) is 4. The van der Waals surface area contributed by atoms with Crippen molar-refractivity contribution in [3.8, 4) is 0 Å². The molecule has 0 aromatic carbocycles. The lowest BCUT2D eigenvalue weighted by atomic mass is 10.1. The Kier molecular flexibility index (Phi) is 3.28. The van der Waals surface area contributed by atoms with Gasteiger partial charge < -0.3 is 0 Å². The van der Waals surface area contributed by atoms with Crippen molar-refractivity contribution >= 4 is 10.1 Å². The fourth-order valence-electron chi connectivity index (χ4n) is 1.76. The van der Waals surface area contributed by atoms with Gasteiger partial charge in [-0.05, 0) is 6.42 Å². The van der Waals surface area contributed by atoms with Crippen LogP contribution in [0.5, 0.6) is 0 Å². The summed E-state index contributed by atoms with van der Waals surface area (Å²) in [5.74, 6) is -0.256. The van der Waals surface area contributed by atoms with Crippen LogP contribution in [0.15, 0.2) is 0 Å². The first-order chi connectivity index (χ1) is 5.97. The summed E-state index contributed by atoms with van der Waals surface area (Å²) >= 11 is 0. The minimum atomic E-state index is -3.91. The summed E-state index contributed by atoms with van der Waals surface area (Å²) in [5.41, 5.74) is -0.609. The van der Waals surface area contributed by atoms with E-state index in [1.165, 1.54) is 0 Å². The molecule has 0 aromatic heterocycles. The van der Waals surface area contributed by atoms with Gasteiger partial charge in [0, 0.05) is 13.1 Å². The molecular weight excluding hydrogens is 192 g/mol. The zero-order valence-electron chi connectivity index (χ0n) is 7.71. The molecule has 1 saturated heterocycles. The molecule has 1 rings (SSSR count). The van der Waals surface area contributed by atoms with Crippen LogP contribution in [0.3, 0.4) is 0 Å². The fraction of sp³-hybridized carbons (Fsp3) is 1.00. The topological polar surface area (TPSA) is 78.4 Å². The SMILES string of the molecule is CCCC1(CS(=O)(=O)O)NCCN1. The third-order valence-electron chi connectivity index (χ3n) is 2.16. The van der Waals surface area contributed by atoms with Gasteiger partial charge >= 0.3 is 0 Å². The molecule has 0 unspecified atom stereocenters. The number of hydrogen-bond donors (Lipinski definition) is 3. The summed E-state index contributed by atoms with van der Waals surface area (Å²) in [6.07, 6.45) is 1.57. The van der Waals surface area contributed by atoms with Crippen LogP contribution in [0.2, 0.25) is 0 Å². The first-order valence-corrected chi connectivity index (χ1v) is 6.04. The average Bonchev–Trinajstić information content (AvgIpc) is 2.33. The summed E-state index contributed by atoms with van der Waals surface area (Å²) in [6.45, 7) is 3.47. The molecule has 0 aliphatic carbocycles. The molecule has 0 bridgehead atoms. The van der Waals surface area contributed by atoms with Crippen LogP contribution >= 0.6 is 0 Å². The van der Waals surface area contributed by atoms with Crippen molar-refractivity contribution in [2.45, 2.75) is 25.4 Å². The lowest BCUT2D eigenvalue weighted by Crippen LogP contribution is -2.54. The van der Waals surface area contributed by atoms with Gasteiger partial charge in [-0.3, -0.25) is 15.2 Å². The highest BCUT2D eigenvalue weighted by Gasteiger charge is 2.36. The van der Waals surface area contributed by atoms with Gasteiger partial charge in [-0.2, -0.15) is 8.42 Å². The van der Waals surface area contributed by atoms with Gasteiger partial charge in [-0.15, -0.1) is 0 Å². The van der Waals surface area contributed by atoms with Gasteiger partial charge in [0.05, 0.1) is 5.66 Å². The normalized spacial score (nSPS) is 22.0. The summed E-state index contributed by atoms with van der Waals surface area (Å²) in [4.78, 5) is 0. The van der Waals surface area contributed by atoms with Crippen molar-refractivity contribution in [1.29, 1.82) is 0 Å². The molecule has 13 heavy (non-hydrogen) atoms. The van der Waals surface area contributed by atoms with Gasteiger partial charge in [-0.1, -0.05) is 13.3 Å². The largest absolute Gasteiger partial charge is 0.297 e. The lowest BCUT2D eigenvalue weighted by molar-refractivity contribution is 0.331. The van der Waals surface area contributed by atoms with E-state index in [0.717, 1.165) is 19.5 Å². The Bertz CT molecular complexity index is 257. The number of rotatable bonds is 4. The maximum Gasteiger partial charge on any atom is 0.268 e. The van der Waals surface area contributed by atoms with E-state index in [1.54, 1.807) is 0 Å². The predicted molar refractivity (Wildman–Crippen MR) is 50.1 cm³/mol. The van der Waals surface area contributed by atoms with E-state index in [0.29, 0.717) is 6.42 Å². The molecule has 0 atom stereocenters. The van der Waals surface area contributed by atoms with E-state index >= 15 is 0 Å². The van der Waals surface area contributed by atoms with Crippen LogP contribution in [0.25, 0.3) is 0 Å². The summed E-state index contributed by atoms with van der Waals surface area (Å²) in [5, 5.41) is 6.15. The van der Waals surface area contributed by atoms with Crippen LogP contribution in [0, 0.1) is 0 Å². The molecule has 6 heteroatoms.